The van der Waals surface area contributed by atoms with Crippen molar-refractivity contribution in [3.8, 4) is 0 Å². The lowest BCUT2D eigenvalue weighted by molar-refractivity contribution is 0.0939. The van der Waals surface area contributed by atoms with Crippen molar-refractivity contribution < 1.29 is 4.79 Å². The monoisotopic (exact) mass is 306 g/mol. The normalized spacial score (nSPS) is 17.5. The molecule has 21 heavy (non-hydrogen) atoms. The molecule has 0 aromatic carbocycles. The van der Waals surface area contributed by atoms with Crippen LogP contribution in [0.15, 0.2) is 0 Å². The fraction of sp³-hybridized carbons (Fsp3) is 0.600. The van der Waals surface area contributed by atoms with Crippen LogP contribution in [0, 0.1) is 12.3 Å². The number of hydrogen-bond donors (Lipinski definition) is 2. The molecule has 114 valence electrons. The molecule has 2 aromatic rings. The largest absolute Gasteiger partial charge is 0.397 e. The van der Waals surface area contributed by atoms with Crippen LogP contribution >= 0.6 is 11.3 Å². The highest BCUT2D eigenvalue weighted by molar-refractivity contribution is 7.21. The van der Waals surface area contributed by atoms with E-state index in [1.807, 2.05) is 14.0 Å². The first kappa shape index (κ1) is 14.4. The van der Waals surface area contributed by atoms with Crippen molar-refractivity contribution in [2.45, 2.75) is 39.5 Å². The predicted octanol–water partition coefficient (Wildman–Crippen LogP) is 2.84. The Hall–Kier alpha value is -1.56. The number of amides is 1. The Morgan fingerprint density at radius 2 is 2.14 bits per heavy atom. The van der Waals surface area contributed by atoms with Gasteiger partial charge in [-0.25, -0.2) is 0 Å². The standard InChI is InChI=1S/C15H22N4OS/c1-9-10-11(16)12(21-14(10)19(3)18-9)13(20)17-8-15(2)6-4-5-7-15/h4-8,16H2,1-3H3,(H,17,20). The van der Waals surface area contributed by atoms with Crippen LogP contribution < -0.4 is 11.1 Å². The number of thiophene rings is 1. The SMILES string of the molecule is Cc1nn(C)c2sc(C(=O)NCC3(C)CCCC3)c(N)c12. The summed E-state index contributed by atoms with van der Waals surface area (Å²) in [6.07, 6.45) is 4.92. The molecule has 0 aliphatic heterocycles. The molecule has 0 atom stereocenters. The summed E-state index contributed by atoms with van der Waals surface area (Å²) < 4.78 is 1.79. The maximum absolute atomic E-state index is 12.4. The number of rotatable bonds is 3. The molecule has 1 aliphatic rings. The van der Waals surface area contributed by atoms with Gasteiger partial charge in [-0.2, -0.15) is 5.10 Å². The van der Waals surface area contributed by atoms with Gasteiger partial charge < -0.3 is 11.1 Å². The topological polar surface area (TPSA) is 72.9 Å². The van der Waals surface area contributed by atoms with E-state index >= 15 is 0 Å². The molecular formula is C15H22N4OS. The van der Waals surface area contributed by atoms with Gasteiger partial charge in [-0.15, -0.1) is 11.3 Å². The molecule has 2 heterocycles. The summed E-state index contributed by atoms with van der Waals surface area (Å²) >= 11 is 1.42. The fourth-order valence-electron chi connectivity index (χ4n) is 3.28. The minimum atomic E-state index is -0.0544. The first-order valence-corrected chi connectivity index (χ1v) is 8.23. The van der Waals surface area contributed by atoms with E-state index in [0.29, 0.717) is 10.6 Å². The Labute approximate surface area is 128 Å². The Kier molecular flexibility index (Phi) is 3.43. The lowest BCUT2D eigenvalue weighted by Gasteiger charge is -2.23. The van der Waals surface area contributed by atoms with E-state index in [1.165, 1.54) is 37.0 Å². The highest BCUT2D eigenvalue weighted by Crippen LogP contribution is 2.38. The molecule has 2 aromatic heterocycles. The van der Waals surface area contributed by atoms with Crippen LogP contribution in [0.25, 0.3) is 10.2 Å². The summed E-state index contributed by atoms with van der Waals surface area (Å²) in [4.78, 5) is 14.0. The number of aryl methyl sites for hydroxylation is 2. The molecule has 1 amide bonds. The van der Waals surface area contributed by atoms with Gasteiger partial charge in [0.25, 0.3) is 5.91 Å². The summed E-state index contributed by atoms with van der Waals surface area (Å²) in [5.74, 6) is -0.0544. The van der Waals surface area contributed by atoms with Crippen LogP contribution in [0.1, 0.15) is 48.0 Å². The van der Waals surface area contributed by atoms with Gasteiger partial charge in [0, 0.05) is 13.6 Å². The zero-order valence-corrected chi connectivity index (χ0v) is 13.6. The van der Waals surface area contributed by atoms with E-state index in [4.69, 9.17) is 5.73 Å². The number of aromatic nitrogens is 2. The molecule has 3 rings (SSSR count). The Bertz CT molecular complexity index is 694. The first-order chi connectivity index (χ1) is 9.91. The van der Waals surface area contributed by atoms with Crippen LogP contribution in [-0.2, 0) is 7.05 Å². The number of nitrogens with two attached hydrogens (primary N) is 1. The Balaban J connectivity index is 1.81. The van der Waals surface area contributed by atoms with Gasteiger partial charge in [-0.1, -0.05) is 19.8 Å². The number of hydrogen-bond acceptors (Lipinski definition) is 4. The second-order valence-corrected chi connectivity index (χ2v) is 7.43. The summed E-state index contributed by atoms with van der Waals surface area (Å²) in [5, 5.41) is 8.34. The number of carbonyl (C=O) groups excluding carboxylic acids is 1. The van der Waals surface area contributed by atoms with Crippen molar-refractivity contribution in [2.24, 2.45) is 12.5 Å². The number of fused-ring (bicyclic) bond motifs is 1. The van der Waals surface area contributed by atoms with Gasteiger partial charge in [0.2, 0.25) is 0 Å². The van der Waals surface area contributed by atoms with Crippen molar-refractivity contribution >= 4 is 33.1 Å². The number of anilines is 1. The van der Waals surface area contributed by atoms with Crippen molar-refractivity contribution in [3.05, 3.63) is 10.6 Å². The first-order valence-electron chi connectivity index (χ1n) is 7.41. The Morgan fingerprint density at radius 3 is 2.76 bits per heavy atom. The van der Waals surface area contributed by atoms with Crippen LogP contribution in [-0.4, -0.2) is 22.2 Å². The van der Waals surface area contributed by atoms with E-state index in [-0.39, 0.29) is 11.3 Å². The third-order valence-corrected chi connectivity index (χ3v) is 5.85. The van der Waals surface area contributed by atoms with E-state index in [2.05, 4.69) is 17.3 Å². The average molecular weight is 306 g/mol. The molecule has 5 nitrogen and oxygen atoms in total. The minimum absolute atomic E-state index is 0.0544. The summed E-state index contributed by atoms with van der Waals surface area (Å²) in [5.41, 5.74) is 7.86. The van der Waals surface area contributed by atoms with Gasteiger partial charge in [-0.05, 0) is 25.2 Å². The second kappa shape index (κ2) is 5.02. The van der Waals surface area contributed by atoms with Crippen molar-refractivity contribution in [2.75, 3.05) is 12.3 Å². The maximum Gasteiger partial charge on any atom is 0.263 e. The highest BCUT2D eigenvalue weighted by Gasteiger charge is 2.30. The third kappa shape index (κ3) is 2.41. The fourth-order valence-corrected chi connectivity index (χ4v) is 4.38. The van der Waals surface area contributed by atoms with Crippen LogP contribution in [0.4, 0.5) is 5.69 Å². The van der Waals surface area contributed by atoms with Gasteiger partial charge in [0.05, 0.1) is 16.8 Å². The van der Waals surface area contributed by atoms with Crippen LogP contribution in [0.3, 0.4) is 0 Å². The van der Waals surface area contributed by atoms with Crippen molar-refractivity contribution in [1.29, 1.82) is 0 Å². The van der Waals surface area contributed by atoms with Gasteiger partial charge in [0.15, 0.2) is 0 Å². The zero-order valence-electron chi connectivity index (χ0n) is 12.8. The third-order valence-electron chi connectivity index (χ3n) is 4.57. The smallest absolute Gasteiger partial charge is 0.263 e. The van der Waals surface area contributed by atoms with Gasteiger partial charge >= 0.3 is 0 Å². The van der Waals surface area contributed by atoms with Gasteiger partial charge in [-0.3, -0.25) is 9.48 Å². The van der Waals surface area contributed by atoms with E-state index in [0.717, 1.165) is 22.5 Å². The molecule has 6 heteroatoms. The Morgan fingerprint density at radius 1 is 1.48 bits per heavy atom. The minimum Gasteiger partial charge on any atom is -0.397 e. The van der Waals surface area contributed by atoms with Gasteiger partial charge in [0.1, 0.15) is 9.71 Å². The summed E-state index contributed by atoms with van der Waals surface area (Å²) in [6.45, 7) is 4.91. The number of nitrogen functional groups attached to an aromatic ring is 1. The van der Waals surface area contributed by atoms with Crippen molar-refractivity contribution in [3.63, 3.8) is 0 Å². The van der Waals surface area contributed by atoms with E-state index in [1.54, 1.807) is 4.68 Å². The van der Waals surface area contributed by atoms with Crippen LogP contribution in [0.5, 0.6) is 0 Å². The van der Waals surface area contributed by atoms with E-state index < -0.39 is 0 Å². The molecule has 0 saturated heterocycles. The lowest BCUT2D eigenvalue weighted by Crippen LogP contribution is -2.34. The highest BCUT2D eigenvalue weighted by atomic mass is 32.1. The molecule has 3 N–H and O–H groups in total. The molecule has 1 aliphatic carbocycles. The van der Waals surface area contributed by atoms with Crippen LogP contribution in [0.2, 0.25) is 0 Å². The second-order valence-electron chi connectivity index (χ2n) is 6.43. The summed E-state index contributed by atoms with van der Waals surface area (Å²) in [7, 11) is 1.88. The summed E-state index contributed by atoms with van der Waals surface area (Å²) in [6, 6.07) is 0. The molecule has 0 bridgehead atoms. The quantitative estimate of drug-likeness (QED) is 0.916. The number of nitrogens with one attached hydrogen (secondary N) is 1. The number of nitrogens with zero attached hydrogens (tertiary/aromatic N) is 2. The van der Waals surface area contributed by atoms with E-state index in [9.17, 15) is 4.79 Å². The van der Waals surface area contributed by atoms with Crippen molar-refractivity contribution in [1.82, 2.24) is 15.1 Å². The predicted molar refractivity (Wildman–Crippen MR) is 86.6 cm³/mol. The molecule has 0 radical (unpaired) electrons. The average Bonchev–Trinajstić information content (AvgIpc) is 3.07. The molecule has 0 unspecified atom stereocenters. The zero-order chi connectivity index (χ0) is 15.2. The lowest BCUT2D eigenvalue weighted by atomic mass is 9.89. The molecule has 1 saturated carbocycles. The maximum atomic E-state index is 12.4. The number of carbonyl (C=O) groups is 1. The molecule has 0 spiro atoms. The molecular weight excluding hydrogens is 284 g/mol. The molecule has 1 fully saturated rings.